The molecule has 0 aliphatic carbocycles. The lowest BCUT2D eigenvalue weighted by Crippen LogP contribution is -2.37. The number of hydrogen-bond acceptors (Lipinski definition) is 7. The Morgan fingerprint density at radius 3 is 2.18 bits per heavy atom. The zero-order valence-electron chi connectivity index (χ0n) is 22.3. The lowest BCUT2D eigenvalue weighted by molar-refractivity contribution is -0.141. The van der Waals surface area contributed by atoms with E-state index < -0.39 is 33.6 Å². The molecule has 1 aliphatic rings. The van der Waals surface area contributed by atoms with Gasteiger partial charge < -0.3 is 9.64 Å². The summed E-state index contributed by atoms with van der Waals surface area (Å²) in [5.74, 6) is -0.0832. The average Bonchev–Trinajstić information content (AvgIpc) is 3.35. The molecule has 1 saturated heterocycles. The van der Waals surface area contributed by atoms with Crippen LogP contribution in [0.5, 0.6) is 0 Å². The summed E-state index contributed by atoms with van der Waals surface area (Å²) in [7, 11) is -3.88. The number of rotatable bonds is 10. The van der Waals surface area contributed by atoms with Crippen LogP contribution in [0.4, 0.5) is 23.8 Å². The summed E-state index contributed by atoms with van der Waals surface area (Å²) in [6.07, 6.45) is -3.04. The Labute approximate surface area is 227 Å². The van der Waals surface area contributed by atoms with Crippen molar-refractivity contribution in [1.29, 1.82) is 0 Å². The van der Waals surface area contributed by atoms with E-state index in [9.17, 15) is 31.2 Å². The fourth-order valence-electron chi connectivity index (χ4n) is 4.18. The Balaban J connectivity index is 1.53. The molecule has 0 bridgehead atoms. The molecule has 214 valence electrons. The molecule has 0 atom stereocenters. The molecule has 39 heavy (non-hydrogen) atoms. The number of Topliss-reactive ketones (excluding diaryl/α,β-unsaturated/α-hetero) is 1. The molecule has 0 radical (unpaired) electrons. The molecule has 2 aromatic rings. The van der Waals surface area contributed by atoms with Gasteiger partial charge in [0, 0.05) is 25.9 Å². The van der Waals surface area contributed by atoms with E-state index in [1.54, 1.807) is 45.0 Å². The number of alkyl halides is 3. The topological polar surface area (TPSA) is 106 Å². The van der Waals surface area contributed by atoms with Gasteiger partial charge in [0.25, 0.3) is 0 Å². The van der Waals surface area contributed by atoms with E-state index in [0.717, 1.165) is 24.5 Å². The number of hydrogen-bond donors (Lipinski definition) is 1. The summed E-state index contributed by atoms with van der Waals surface area (Å²) < 4.78 is 70.7. The molecule has 1 aromatic carbocycles. The summed E-state index contributed by atoms with van der Waals surface area (Å²) >= 11 is 0. The molecular formula is C27H34F3N3O5S. The minimum atomic E-state index is -4.53. The molecule has 1 fully saturated rings. The SMILES string of the molecule is CC(C)(C)OC(=O)NS(=O)(=O)CCc1ccc(CC(=O)CCc2ccc(C(F)(F)F)nc2N2CCCC2)cc1. The van der Waals surface area contributed by atoms with Crippen molar-refractivity contribution in [2.45, 2.75) is 71.1 Å². The van der Waals surface area contributed by atoms with Crippen LogP contribution in [0.1, 0.15) is 62.4 Å². The Hall–Kier alpha value is -3.15. The van der Waals surface area contributed by atoms with Crippen LogP contribution in [0.3, 0.4) is 0 Å². The minimum absolute atomic E-state index is 0.0702. The molecule has 2 heterocycles. The third-order valence-corrected chi connectivity index (χ3v) is 7.27. The van der Waals surface area contributed by atoms with Gasteiger partial charge >= 0.3 is 12.3 Å². The summed E-state index contributed by atoms with van der Waals surface area (Å²) in [6, 6.07) is 9.28. The van der Waals surface area contributed by atoms with E-state index in [2.05, 4.69) is 4.98 Å². The van der Waals surface area contributed by atoms with Crippen LogP contribution in [0.2, 0.25) is 0 Å². The van der Waals surface area contributed by atoms with Crippen molar-refractivity contribution in [3.63, 3.8) is 0 Å². The highest BCUT2D eigenvalue weighted by atomic mass is 32.2. The Kier molecular flexibility index (Phi) is 9.63. The van der Waals surface area contributed by atoms with Gasteiger partial charge in [0.1, 0.15) is 22.9 Å². The second-order valence-corrected chi connectivity index (χ2v) is 12.4. The van der Waals surface area contributed by atoms with E-state index in [1.807, 2.05) is 9.62 Å². The number of carbonyl (C=O) groups excluding carboxylic acids is 2. The van der Waals surface area contributed by atoms with Crippen LogP contribution in [0, 0.1) is 0 Å². The molecule has 0 spiro atoms. The lowest BCUT2D eigenvalue weighted by Gasteiger charge is -2.21. The van der Waals surface area contributed by atoms with E-state index in [4.69, 9.17) is 4.74 Å². The number of anilines is 1. The van der Waals surface area contributed by atoms with Crippen molar-refractivity contribution >= 4 is 27.7 Å². The van der Waals surface area contributed by atoms with E-state index in [0.29, 0.717) is 30.0 Å². The molecule has 1 aliphatic heterocycles. The van der Waals surface area contributed by atoms with Crippen LogP contribution in [-0.4, -0.2) is 49.7 Å². The van der Waals surface area contributed by atoms with Gasteiger partial charge in [-0.1, -0.05) is 30.3 Å². The van der Waals surface area contributed by atoms with E-state index >= 15 is 0 Å². The van der Waals surface area contributed by atoms with E-state index in [-0.39, 0.29) is 37.2 Å². The summed E-state index contributed by atoms with van der Waals surface area (Å²) in [5.41, 5.74) is 0.316. The Morgan fingerprint density at radius 2 is 1.59 bits per heavy atom. The highest BCUT2D eigenvalue weighted by Gasteiger charge is 2.34. The van der Waals surface area contributed by atoms with Crippen LogP contribution in [0.25, 0.3) is 0 Å². The fourth-order valence-corrected chi connectivity index (χ4v) is 5.08. The maximum Gasteiger partial charge on any atom is 0.433 e. The van der Waals surface area contributed by atoms with Crippen LogP contribution < -0.4 is 9.62 Å². The number of ether oxygens (including phenoxy) is 1. The minimum Gasteiger partial charge on any atom is -0.443 e. The molecular weight excluding hydrogens is 535 g/mol. The van der Waals surface area contributed by atoms with E-state index in [1.165, 1.54) is 6.07 Å². The van der Waals surface area contributed by atoms with Gasteiger partial charge in [-0.3, -0.25) is 4.79 Å². The predicted molar refractivity (Wildman–Crippen MR) is 141 cm³/mol. The molecule has 0 unspecified atom stereocenters. The fraction of sp³-hybridized carbons (Fsp3) is 0.519. The first-order valence-electron chi connectivity index (χ1n) is 12.8. The zero-order chi connectivity index (χ0) is 28.8. The smallest absolute Gasteiger partial charge is 0.433 e. The number of benzene rings is 1. The first-order chi connectivity index (χ1) is 18.1. The van der Waals surface area contributed by atoms with Crippen LogP contribution in [-0.2, 0) is 45.0 Å². The van der Waals surface area contributed by atoms with Gasteiger partial charge in [0.2, 0.25) is 10.0 Å². The van der Waals surface area contributed by atoms with Crippen molar-refractivity contribution in [2.75, 3.05) is 23.7 Å². The van der Waals surface area contributed by atoms with Gasteiger partial charge in [0.05, 0.1) is 5.75 Å². The van der Waals surface area contributed by atoms with Gasteiger partial charge in [0.15, 0.2) is 0 Å². The Morgan fingerprint density at radius 1 is 0.974 bits per heavy atom. The van der Waals surface area contributed by atoms with Crippen molar-refractivity contribution < 1.29 is 35.9 Å². The molecule has 12 heteroatoms. The number of carbonyl (C=O) groups is 2. The third-order valence-electron chi connectivity index (χ3n) is 6.05. The van der Waals surface area contributed by atoms with Crippen LogP contribution >= 0.6 is 0 Å². The first-order valence-corrected chi connectivity index (χ1v) is 14.4. The lowest BCUT2D eigenvalue weighted by atomic mass is 10.0. The van der Waals surface area contributed by atoms with Gasteiger partial charge in [-0.25, -0.2) is 22.9 Å². The van der Waals surface area contributed by atoms with Crippen molar-refractivity contribution in [3.8, 4) is 0 Å². The number of aromatic nitrogens is 1. The second kappa shape index (κ2) is 12.4. The van der Waals surface area contributed by atoms with Gasteiger partial charge in [-0.2, -0.15) is 13.2 Å². The monoisotopic (exact) mass is 569 g/mol. The number of pyridine rings is 1. The number of nitrogens with zero attached hydrogens (tertiary/aromatic N) is 2. The number of halogens is 3. The molecule has 1 N–H and O–H groups in total. The predicted octanol–water partition coefficient (Wildman–Crippen LogP) is 4.84. The highest BCUT2D eigenvalue weighted by molar-refractivity contribution is 7.90. The molecule has 8 nitrogen and oxygen atoms in total. The van der Waals surface area contributed by atoms with Crippen LogP contribution in [0.15, 0.2) is 36.4 Å². The number of ketones is 1. The molecule has 1 aromatic heterocycles. The van der Waals surface area contributed by atoms with Crippen molar-refractivity contribution in [2.24, 2.45) is 0 Å². The molecule has 1 amide bonds. The third kappa shape index (κ3) is 9.83. The van der Waals surface area contributed by atoms with Gasteiger partial charge in [-0.15, -0.1) is 0 Å². The number of sulfonamides is 1. The maximum absolute atomic E-state index is 13.2. The molecule has 0 saturated carbocycles. The summed E-state index contributed by atoms with van der Waals surface area (Å²) in [6.45, 7) is 6.16. The first kappa shape index (κ1) is 30.4. The average molecular weight is 570 g/mol. The van der Waals surface area contributed by atoms with Crippen molar-refractivity contribution in [3.05, 3.63) is 58.8 Å². The quantitative estimate of drug-likeness (QED) is 0.436. The van der Waals surface area contributed by atoms with Crippen molar-refractivity contribution in [1.82, 2.24) is 9.71 Å². The highest BCUT2D eigenvalue weighted by Crippen LogP contribution is 2.32. The number of aryl methyl sites for hydroxylation is 2. The number of amides is 1. The summed E-state index contributed by atoms with van der Waals surface area (Å²) in [4.78, 5) is 30.1. The largest absolute Gasteiger partial charge is 0.443 e. The summed E-state index contributed by atoms with van der Waals surface area (Å²) in [5, 5.41) is 0. The second-order valence-electron chi connectivity index (χ2n) is 10.6. The maximum atomic E-state index is 13.2. The van der Waals surface area contributed by atoms with Gasteiger partial charge in [-0.05, 0) is 69.2 Å². The molecule has 3 rings (SSSR count). The Bertz CT molecular complexity index is 1270. The zero-order valence-corrected chi connectivity index (χ0v) is 23.1. The standard InChI is InChI=1S/C27H34F3N3O5S/c1-26(2,3)38-25(35)32-39(36,37)17-14-19-6-8-20(9-7-19)18-22(34)12-10-21-11-13-23(27(28,29)30)31-24(21)33-15-4-5-16-33/h6-9,11,13H,4-5,10,12,14-18H2,1-3H3,(H,32,35). The number of nitrogens with one attached hydrogen (secondary N) is 1. The normalized spacial score (nSPS) is 14.4.